The molecule has 180 valence electrons. The second-order valence-electron chi connectivity index (χ2n) is 7.55. The summed E-state index contributed by atoms with van der Waals surface area (Å²) < 4.78 is 0. The average molecular weight is 509 g/mol. The smallest absolute Gasteiger partial charge is 0.269 e. The lowest BCUT2D eigenvalue weighted by molar-refractivity contribution is -0.384. The van der Waals surface area contributed by atoms with Crippen molar-refractivity contribution in [1.29, 1.82) is 0 Å². The molecule has 1 atom stereocenters. The number of carbonyl (C=O) groups is 2. The highest BCUT2D eigenvalue weighted by atomic mass is 32.2. The number of carbonyl (C=O) groups excluding carboxylic acids is 2. The molecule has 1 amide bonds. The van der Waals surface area contributed by atoms with Crippen LogP contribution in [0, 0.1) is 10.1 Å². The van der Waals surface area contributed by atoms with E-state index in [1.165, 1.54) is 43.0 Å². The fourth-order valence-electron chi connectivity index (χ4n) is 3.10. The van der Waals surface area contributed by atoms with Crippen molar-refractivity contribution in [1.82, 2.24) is 0 Å². The van der Waals surface area contributed by atoms with E-state index in [-0.39, 0.29) is 22.6 Å². The van der Waals surface area contributed by atoms with Gasteiger partial charge in [0.15, 0.2) is 10.9 Å². The predicted octanol–water partition coefficient (Wildman–Crippen LogP) is 6.12. The van der Waals surface area contributed by atoms with Crippen LogP contribution in [0.15, 0.2) is 77.7 Å². The Bertz CT molecular complexity index is 1230. The van der Waals surface area contributed by atoms with Crippen LogP contribution >= 0.6 is 24.0 Å². The van der Waals surface area contributed by atoms with Crippen LogP contribution in [0.25, 0.3) is 0 Å². The van der Waals surface area contributed by atoms with Crippen LogP contribution in [0.5, 0.6) is 0 Å². The Morgan fingerprint density at radius 1 is 0.943 bits per heavy atom. The molecule has 0 fully saturated rings. The van der Waals surface area contributed by atoms with Gasteiger partial charge in [0.25, 0.3) is 5.69 Å². The minimum atomic E-state index is -0.483. The van der Waals surface area contributed by atoms with Crippen LogP contribution in [-0.4, -0.2) is 27.0 Å². The molecule has 35 heavy (non-hydrogen) atoms. The molecule has 0 radical (unpaired) electrons. The molecule has 8 nitrogen and oxygen atoms in total. The van der Waals surface area contributed by atoms with E-state index in [1.807, 2.05) is 31.2 Å². The van der Waals surface area contributed by atoms with E-state index in [4.69, 9.17) is 12.2 Å². The van der Waals surface area contributed by atoms with Gasteiger partial charge in [0, 0.05) is 39.7 Å². The maximum absolute atomic E-state index is 12.8. The number of Topliss-reactive ketones (excluding diaryl/α,β-unsaturated/α-hetero) is 1. The zero-order chi connectivity index (χ0) is 25.4. The third-order valence-corrected chi connectivity index (χ3v) is 6.49. The number of amides is 1. The molecule has 0 aliphatic heterocycles. The van der Waals surface area contributed by atoms with Crippen molar-refractivity contribution in [2.75, 3.05) is 16.0 Å². The van der Waals surface area contributed by atoms with Gasteiger partial charge >= 0.3 is 0 Å². The Labute approximate surface area is 212 Å². The third-order valence-electron chi connectivity index (χ3n) is 4.93. The number of non-ortho nitro benzene ring substituents is 1. The van der Waals surface area contributed by atoms with E-state index >= 15 is 0 Å². The fraction of sp³-hybridized carbons (Fsp3) is 0.160. The molecule has 0 aromatic heterocycles. The van der Waals surface area contributed by atoms with Crippen molar-refractivity contribution < 1.29 is 14.5 Å². The fourth-order valence-corrected chi connectivity index (χ4v) is 4.35. The molecule has 3 rings (SSSR count). The first-order valence-electron chi connectivity index (χ1n) is 10.8. The Balaban J connectivity index is 1.59. The molecule has 0 aliphatic carbocycles. The number of thiocarbonyl (C=S) groups is 1. The number of benzene rings is 3. The number of hydrogen-bond acceptors (Lipinski definition) is 6. The Morgan fingerprint density at radius 2 is 1.54 bits per heavy atom. The summed E-state index contributed by atoms with van der Waals surface area (Å²) >= 11 is 6.81. The van der Waals surface area contributed by atoms with E-state index in [0.29, 0.717) is 22.8 Å². The lowest BCUT2D eigenvalue weighted by Crippen LogP contribution is -2.24. The average Bonchev–Trinajstić information content (AvgIpc) is 2.83. The molecule has 0 heterocycles. The standard InChI is InChI=1S/C25H24N4O4S2/c1-3-23(24(31)26-18-11-13-21(14-12-18)29(32)33)35-22-6-4-5-20(15-22)28-25(34)27-19-9-7-17(8-10-19)16(2)30/h4-15,23H,3H2,1-2H3,(H,26,31)(H2,27,28,34). The van der Waals surface area contributed by atoms with Crippen molar-refractivity contribution in [2.45, 2.75) is 30.4 Å². The minimum Gasteiger partial charge on any atom is -0.332 e. The van der Waals surface area contributed by atoms with Gasteiger partial charge in [-0.25, -0.2) is 0 Å². The summed E-state index contributed by atoms with van der Waals surface area (Å²) in [5.41, 5.74) is 2.62. The number of hydrogen-bond donors (Lipinski definition) is 3. The van der Waals surface area contributed by atoms with Gasteiger partial charge in [0.2, 0.25) is 5.91 Å². The molecule has 0 spiro atoms. The van der Waals surface area contributed by atoms with E-state index in [0.717, 1.165) is 16.3 Å². The number of thioether (sulfide) groups is 1. The van der Waals surface area contributed by atoms with Crippen LogP contribution in [0.3, 0.4) is 0 Å². The Kier molecular flexibility index (Phi) is 8.93. The van der Waals surface area contributed by atoms with Gasteiger partial charge in [-0.1, -0.05) is 13.0 Å². The zero-order valence-electron chi connectivity index (χ0n) is 19.1. The van der Waals surface area contributed by atoms with Gasteiger partial charge in [-0.05, 0) is 80.2 Å². The first-order valence-corrected chi connectivity index (χ1v) is 12.0. The van der Waals surface area contributed by atoms with Crippen molar-refractivity contribution in [2.24, 2.45) is 0 Å². The molecular formula is C25H24N4O4S2. The first kappa shape index (κ1) is 25.9. The van der Waals surface area contributed by atoms with Gasteiger partial charge in [0.05, 0.1) is 10.2 Å². The lowest BCUT2D eigenvalue weighted by Gasteiger charge is -2.16. The lowest BCUT2D eigenvalue weighted by atomic mass is 10.1. The third kappa shape index (κ3) is 7.62. The molecule has 3 aromatic rings. The number of ketones is 1. The summed E-state index contributed by atoms with van der Waals surface area (Å²) in [6.45, 7) is 3.44. The van der Waals surface area contributed by atoms with Gasteiger partial charge < -0.3 is 16.0 Å². The summed E-state index contributed by atoms with van der Waals surface area (Å²) in [6.07, 6.45) is 0.595. The molecule has 1 unspecified atom stereocenters. The monoisotopic (exact) mass is 508 g/mol. The van der Waals surface area contributed by atoms with Crippen molar-refractivity contribution in [3.8, 4) is 0 Å². The van der Waals surface area contributed by atoms with E-state index in [2.05, 4.69) is 16.0 Å². The maximum atomic E-state index is 12.8. The SMILES string of the molecule is CCC(Sc1cccc(NC(=S)Nc2ccc(C(C)=O)cc2)c1)C(=O)Nc1ccc([N+](=O)[O-])cc1. The van der Waals surface area contributed by atoms with E-state index in [9.17, 15) is 19.7 Å². The molecule has 0 bridgehead atoms. The van der Waals surface area contributed by atoms with Crippen molar-refractivity contribution in [3.05, 3.63) is 88.5 Å². The second kappa shape index (κ2) is 12.1. The molecule has 0 saturated heterocycles. The van der Waals surface area contributed by atoms with Gasteiger partial charge in [-0.15, -0.1) is 11.8 Å². The van der Waals surface area contributed by atoms with Crippen LogP contribution in [-0.2, 0) is 4.79 Å². The molecule has 3 aromatic carbocycles. The van der Waals surface area contributed by atoms with Crippen molar-refractivity contribution >= 4 is 63.5 Å². The molecule has 10 heteroatoms. The normalized spacial score (nSPS) is 11.3. The molecular weight excluding hydrogens is 484 g/mol. The topological polar surface area (TPSA) is 113 Å². The zero-order valence-corrected chi connectivity index (χ0v) is 20.7. The highest BCUT2D eigenvalue weighted by Gasteiger charge is 2.19. The number of nitro benzene ring substituents is 1. The number of anilines is 3. The van der Waals surface area contributed by atoms with Crippen LogP contribution < -0.4 is 16.0 Å². The van der Waals surface area contributed by atoms with Gasteiger partial charge in [-0.2, -0.15) is 0 Å². The summed E-state index contributed by atoms with van der Waals surface area (Å²) in [5, 5.41) is 19.9. The van der Waals surface area contributed by atoms with Crippen LogP contribution in [0.4, 0.5) is 22.7 Å². The van der Waals surface area contributed by atoms with Crippen LogP contribution in [0.2, 0.25) is 0 Å². The van der Waals surface area contributed by atoms with Gasteiger partial charge in [0.1, 0.15) is 0 Å². The minimum absolute atomic E-state index is 0.00150. The largest absolute Gasteiger partial charge is 0.332 e. The Hall–Kier alpha value is -3.76. The summed E-state index contributed by atoms with van der Waals surface area (Å²) in [6, 6.07) is 20.3. The molecule has 0 saturated carbocycles. The predicted molar refractivity (Wildman–Crippen MR) is 144 cm³/mol. The van der Waals surface area contributed by atoms with Gasteiger partial charge in [-0.3, -0.25) is 19.7 Å². The maximum Gasteiger partial charge on any atom is 0.269 e. The van der Waals surface area contributed by atoms with Crippen LogP contribution in [0.1, 0.15) is 30.6 Å². The Morgan fingerprint density at radius 3 is 2.14 bits per heavy atom. The number of nitrogens with zero attached hydrogens (tertiary/aromatic N) is 1. The summed E-state index contributed by atoms with van der Waals surface area (Å²) in [4.78, 5) is 35.4. The van der Waals surface area contributed by atoms with E-state index in [1.54, 1.807) is 24.3 Å². The number of rotatable bonds is 9. The van der Waals surface area contributed by atoms with E-state index < -0.39 is 4.92 Å². The number of nitro groups is 1. The highest BCUT2D eigenvalue weighted by Crippen LogP contribution is 2.29. The van der Waals surface area contributed by atoms with Crippen molar-refractivity contribution in [3.63, 3.8) is 0 Å². The summed E-state index contributed by atoms with van der Waals surface area (Å²) in [7, 11) is 0. The quantitative estimate of drug-likeness (QED) is 0.104. The molecule has 3 N–H and O–H groups in total. The second-order valence-corrected chi connectivity index (χ2v) is 9.23. The first-order chi connectivity index (χ1) is 16.7. The highest BCUT2D eigenvalue weighted by molar-refractivity contribution is 8.00. The molecule has 0 aliphatic rings. The summed E-state index contributed by atoms with van der Waals surface area (Å²) in [5.74, 6) is -0.186. The number of nitrogens with one attached hydrogen (secondary N) is 3.